The van der Waals surface area contributed by atoms with Crippen molar-refractivity contribution in [2.75, 3.05) is 26.0 Å². The third kappa shape index (κ3) is 4.42. The number of hydrogen-bond acceptors (Lipinski definition) is 4. The molecule has 20 heavy (non-hydrogen) atoms. The van der Waals surface area contributed by atoms with Crippen molar-refractivity contribution in [1.29, 1.82) is 0 Å². The van der Waals surface area contributed by atoms with Crippen molar-refractivity contribution in [2.45, 2.75) is 25.4 Å². The number of H-pyrrole nitrogens is 1. The summed E-state index contributed by atoms with van der Waals surface area (Å²) in [5, 5.41) is 4.44. The van der Waals surface area contributed by atoms with Crippen LogP contribution >= 0.6 is 11.8 Å². The van der Waals surface area contributed by atoms with Crippen molar-refractivity contribution in [2.24, 2.45) is 5.92 Å². The molecule has 0 spiro atoms. The maximum Gasteiger partial charge on any atom is 0.166 e. The van der Waals surface area contributed by atoms with Crippen LogP contribution in [-0.2, 0) is 0 Å². The fourth-order valence-electron chi connectivity index (χ4n) is 1.92. The van der Waals surface area contributed by atoms with Crippen LogP contribution in [0.5, 0.6) is 5.75 Å². The van der Waals surface area contributed by atoms with Crippen LogP contribution in [0.2, 0.25) is 0 Å². The molecule has 2 rings (SSSR count). The molecule has 5 heteroatoms. The molecule has 1 heterocycles. The van der Waals surface area contributed by atoms with E-state index in [1.54, 1.807) is 18.9 Å². The van der Waals surface area contributed by atoms with Gasteiger partial charge in [0.2, 0.25) is 0 Å². The first-order valence-corrected chi connectivity index (χ1v) is 8.05. The summed E-state index contributed by atoms with van der Waals surface area (Å²) in [6.07, 6.45) is 1.15. The number of aromatic amines is 1. The summed E-state index contributed by atoms with van der Waals surface area (Å²) in [6.45, 7) is 6.61. The van der Waals surface area contributed by atoms with Crippen LogP contribution in [0.15, 0.2) is 23.4 Å². The minimum atomic E-state index is 0.716. The van der Waals surface area contributed by atoms with Gasteiger partial charge in [-0.3, -0.25) is 0 Å². The van der Waals surface area contributed by atoms with Crippen molar-refractivity contribution in [1.82, 2.24) is 15.3 Å². The zero-order chi connectivity index (χ0) is 14.4. The molecule has 0 fully saturated rings. The molecule has 1 aromatic carbocycles. The second-order valence-electron chi connectivity index (χ2n) is 5.23. The van der Waals surface area contributed by atoms with E-state index >= 15 is 0 Å². The number of aromatic nitrogens is 2. The standard InChI is InChI=1S/C15H23N3OS/c1-11(2)10-16-7-4-8-20-15-17-13-6-5-12(19-3)9-14(13)18-15/h5-6,9,11,16H,4,7-8,10H2,1-3H3,(H,17,18). The fraction of sp³-hybridized carbons (Fsp3) is 0.533. The van der Waals surface area contributed by atoms with Crippen molar-refractivity contribution < 1.29 is 4.74 Å². The van der Waals surface area contributed by atoms with Crippen LogP contribution in [0.1, 0.15) is 20.3 Å². The number of rotatable bonds is 8. The van der Waals surface area contributed by atoms with Gasteiger partial charge >= 0.3 is 0 Å². The molecule has 2 aromatic rings. The number of ether oxygens (including phenoxy) is 1. The van der Waals surface area contributed by atoms with Crippen molar-refractivity contribution in [3.8, 4) is 5.75 Å². The Labute approximate surface area is 124 Å². The highest BCUT2D eigenvalue weighted by atomic mass is 32.2. The quantitative estimate of drug-likeness (QED) is 0.579. The Morgan fingerprint density at radius 3 is 3.00 bits per heavy atom. The number of hydrogen-bond donors (Lipinski definition) is 2. The maximum atomic E-state index is 5.21. The van der Waals surface area contributed by atoms with E-state index in [9.17, 15) is 0 Å². The van der Waals surface area contributed by atoms with Gasteiger partial charge in [0.15, 0.2) is 5.16 Å². The summed E-state index contributed by atoms with van der Waals surface area (Å²) in [6, 6.07) is 5.91. The predicted molar refractivity (Wildman–Crippen MR) is 85.7 cm³/mol. The van der Waals surface area contributed by atoms with Crippen LogP contribution in [0, 0.1) is 5.92 Å². The van der Waals surface area contributed by atoms with E-state index < -0.39 is 0 Å². The highest BCUT2D eigenvalue weighted by Gasteiger charge is 2.04. The topological polar surface area (TPSA) is 49.9 Å². The van der Waals surface area contributed by atoms with Crippen molar-refractivity contribution in [3.63, 3.8) is 0 Å². The smallest absolute Gasteiger partial charge is 0.166 e. The molecule has 1 aromatic heterocycles. The SMILES string of the molecule is COc1ccc2nc(SCCCNCC(C)C)[nH]c2c1. The lowest BCUT2D eigenvalue weighted by Crippen LogP contribution is -2.21. The van der Waals surface area contributed by atoms with Gasteiger partial charge in [-0.05, 0) is 37.6 Å². The zero-order valence-corrected chi connectivity index (χ0v) is 13.2. The summed E-state index contributed by atoms with van der Waals surface area (Å²) in [5.74, 6) is 2.64. The van der Waals surface area contributed by atoms with Gasteiger partial charge in [-0.2, -0.15) is 0 Å². The molecule has 2 N–H and O–H groups in total. The maximum absolute atomic E-state index is 5.21. The van der Waals surface area contributed by atoms with Crippen molar-refractivity contribution >= 4 is 22.8 Å². The van der Waals surface area contributed by atoms with Crippen LogP contribution in [0.3, 0.4) is 0 Å². The van der Waals surface area contributed by atoms with Gasteiger partial charge in [-0.15, -0.1) is 0 Å². The third-order valence-electron chi connectivity index (χ3n) is 2.96. The molecule has 0 radical (unpaired) electrons. The molecule has 0 amide bonds. The van der Waals surface area contributed by atoms with Gasteiger partial charge in [-0.1, -0.05) is 25.6 Å². The van der Waals surface area contributed by atoms with Crippen molar-refractivity contribution in [3.05, 3.63) is 18.2 Å². The van der Waals surface area contributed by atoms with Crippen LogP contribution < -0.4 is 10.1 Å². The highest BCUT2D eigenvalue weighted by Crippen LogP contribution is 2.23. The van der Waals surface area contributed by atoms with Gasteiger partial charge < -0.3 is 15.0 Å². The van der Waals surface area contributed by atoms with Gasteiger partial charge in [0, 0.05) is 11.8 Å². The largest absolute Gasteiger partial charge is 0.497 e. The number of methoxy groups -OCH3 is 1. The summed E-state index contributed by atoms with van der Waals surface area (Å²) in [5.41, 5.74) is 2.02. The average Bonchev–Trinajstić information content (AvgIpc) is 2.83. The Hall–Kier alpha value is -1.20. The third-order valence-corrected chi connectivity index (χ3v) is 3.92. The molecule has 0 aliphatic carbocycles. The number of imidazole rings is 1. The molecule has 0 aliphatic rings. The van der Waals surface area contributed by atoms with E-state index in [4.69, 9.17) is 4.74 Å². The molecule has 4 nitrogen and oxygen atoms in total. The van der Waals surface area contributed by atoms with Crippen LogP contribution in [0.4, 0.5) is 0 Å². The first-order chi connectivity index (χ1) is 9.69. The lowest BCUT2D eigenvalue weighted by Gasteiger charge is -2.06. The highest BCUT2D eigenvalue weighted by molar-refractivity contribution is 7.99. The Balaban J connectivity index is 1.78. The molecule has 0 saturated heterocycles. The molecule has 0 atom stereocenters. The summed E-state index contributed by atoms with van der Waals surface area (Å²) in [4.78, 5) is 7.90. The second kappa shape index (κ2) is 7.55. The van der Waals surface area contributed by atoms with E-state index in [0.29, 0.717) is 5.92 Å². The number of benzene rings is 1. The van der Waals surface area contributed by atoms with Gasteiger partial charge in [-0.25, -0.2) is 4.98 Å². The summed E-state index contributed by atoms with van der Waals surface area (Å²) < 4.78 is 5.21. The second-order valence-corrected chi connectivity index (χ2v) is 6.31. The fourth-order valence-corrected chi connectivity index (χ4v) is 2.74. The van der Waals surface area contributed by atoms with E-state index in [2.05, 4.69) is 29.1 Å². The Morgan fingerprint density at radius 1 is 1.40 bits per heavy atom. The Morgan fingerprint density at radius 2 is 2.25 bits per heavy atom. The molecule has 0 unspecified atom stereocenters. The van der Waals surface area contributed by atoms with Crippen LogP contribution in [0.25, 0.3) is 11.0 Å². The van der Waals surface area contributed by atoms with E-state index in [-0.39, 0.29) is 0 Å². The lowest BCUT2D eigenvalue weighted by molar-refractivity contribution is 0.415. The average molecular weight is 293 g/mol. The number of nitrogens with one attached hydrogen (secondary N) is 2. The lowest BCUT2D eigenvalue weighted by atomic mass is 10.2. The number of nitrogens with zero attached hydrogens (tertiary/aromatic N) is 1. The molecule has 0 aliphatic heterocycles. The van der Waals surface area contributed by atoms with E-state index in [1.807, 2.05) is 18.2 Å². The monoisotopic (exact) mass is 293 g/mol. The first-order valence-electron chi connectivity index (χ1n) is 7.06. The predicted octanol–water partition coefficient (Wildman–Crippen LogP) is 3.30. The first kappa shape index (κ1) is 15.2. The Bertz CT molecular complexity index is 539. The normalized spacial score (nSPS) is 11.4. The van der Waals surface area contributed by atoms with Gasteiger partial charge in [0.05, 0.1) is 18.1 Å². The minimum Gasteiger partial charge on any atom is -0.497 e. The van der Waals surface area contributed by atoms with E-state index in [1.165, 1.54) is 0 Å². The molecule has 110 valence electrons. The summed E-state index contributed by atoms with van der Waals surface area (Å²) in [7, 11) is 1.68. The van der Waals surface area contributed by atoms with E-state index in [0.717, 1.165) is 47.2 Å². The van der Waals surface area contributed by atoms with Crippen LogP contribution in [-0.4, -0.2) is 35.9 Å². The van der Waals surface area contributed by atoms with Gasteiger partial charge in [0.25, 0.3) is 0 Å². The molecular weight excluding hydrogens is 270 g/mol. The number of thioether (sulfide) groups is 1. The Kier molecular flexibility index (Phi) is 5.73. The van der Waals surface area contributed by atoms with Gasteiger partial charge in [0.1, 0.15) is 5.75 Å². The zero-order valence-electron chi connectivity index (χ0n) is 12.4. The molecular formula is C15H23N3OS. The number of fused-ring (bicyclic) bond motifs is 1. The minimum absolute atomic E-state index is 0.716. The molecule has 0 saturated carbocycles. The summed E-state index contributed by atoms with van der Waals surface area (Å²) >= 11 is 1.77. The molecule has 0 bridgehead atoms.